The van der Waals surface area contributed by atoms with Gasteiger partial charge in [-0.2, -0.15) is 9.57 Å². The average molecular weight is 335 g/mol. The second-order valence-electron chi connectivity index (χ2n) is 6.32. The summed E-state index contributed by atoms with van der Waals surface area (Å²) in [6, 6.07) is 6.47. The van der Waals surface area contributed by atoms with E-state index in [-0.39, 0.29) is 16.1 Å². The van der Waals surface area contributed by atoms with E-state index in [9.17, 15) is 8.42 Å². The van der Waals surface area contributed by atoms with Crippen LogP contribution in [0.1, 0.15) is 24.8 Å². The number of nitriles is 1. The highest BCUT2D eigenvalue weighted by Gasteiger charge is 2.43. The topological polar surface area (TPSA) is 82.4 Å². The fourth-order valence-corrected chi connectivity index (χ4v) is 5.24. The fraction of sp³-hybridized carbons (Fsp3) is 0.562. The minimum absolute atomic E-state index is 0.109. The van der Waals surface area contributed by atoms with Crippen molar-refractivity contribution in [2.75, 3.05) is 33.3 Å². The van der Waals surface area contributed by atoms with E-state index < -0.39 is 10.0 Å². The maximum Gasteiger partial charge on any atom is 0.246 e. The number of methoxy groups -OCH3 is 1. The smallest absolute Gasteiger partial charge is 0.246 e. The number of nitrogens with zero attached hydrogens (tertiary/aromatic N) is 2. The molecule has 2 heterocycles. The van der Waals surface area contributed by atoms with Gasteiger partial charge in [0.25, 0.3) is 0 Å². The van der Waals surface area contributed by atoms with E-state index >= 15 is 0 Å². The van der Waals surface area contributed by atoms with Crippen molar-refractivity contribution in [2.45, 2.75) is 24.2 Å². The Balaban J connectivity index is 1.89. The van der Waals surface area contributed by atoms with Gasteiger partial charge in [-0.1, -0.05) is 0 Å². The number of piperidine rings is 1. The summed E-state index contributed by atoms with van der Waals surface area (Å²) < 4.78 is 32.7. The first-order valence-electron chi connectivity index (χ1n) is 7.80. The minimum Gasteiger partial charge on any atom is -0.495 e. The molecule has 0 saturated carbocycles. The quantitative estimate of drug-likeness (QED) is 0.901. The maximum atomic E-state index is 13.0. The standard InChI is InChI=1S/C16H21N3O3S/c1-22-14-10-13(11-17)2-3-15(14)23(20,21)19-9-6-16(12-19)4-7-18-8-5-16/h2-3,10,18H,4-9,12H2,1H3. The number of ether oxygens (including phenoxy) is 1. The first kappa shape index (κ1) is 16.2. The van der Waals surface area contributed by atoms with Crippen molar-refractivity contribution >= 4 is 10.0 Å². The lowest BCUT2D eigenvalue weighted by Gasteiger charge is -2.33. The van der Waals surface area contributed by atoms with Crippen molar-refractivity contribution in [1.29, 1.82) is 5.26 Å². The Morgan fingerprint density at radius 2 is 2.04 bits per heavy atom. The Bertz CT molecular complexity index is 733. The van der Waals surface area contributed by atoms with Gasteiger partial charge >= 0.3 is 0 Å². The minimum atomic E-state index is -3.60. The second-order valence-corrected chi connectivity index (χ2v) is 8.22. The number of sulfonamides is 1. The van der Waals surface area contributed by atoms with Crippen molar-refractivity contribution in [3.05, 3.63) is 23.8 Å². The Labute approximate surface area is 137 Å². The van der Waals surface area contributed by atoms with Gasteiger partial charge in [0.2, 0.25) is 10.0 Å². The molecule has 2 saturated heterocycles. The van der Waals surface area contributed by atoms with Gasteiger partial charge < -0.3 is 10.1 Å². The van der Waals surface area contributed by atoms with Crippen LogP contribution in [0.25, 0.3) is 0 Å². The van der Waals surface area contributed by atoms with Crippen LogP contribution in [0.5, 0.6) is 5.75 Å². The average Bonchev–Trinajstić information content (AvgIpc) is 2.99. The molecule has 0 unspecified atom stereocenters. The number of benzene rings is 1. The van der Waals surface area contributed by atoms with Crippen LogP contribution in [0.4, 0.5) is 0 Å². The molecule has 124 valence electrons. The summed E-state index contributed by atoms with van der Waals surface area (Å²) in [7, 11) is -2.18. The van der Waals surface area contributed by atoms with E-state index in [0.717, 1.165) is 32.4 Å². The highest BCUT2D eigenvalue weighted by molar-refractivity contribution is 7.89. The largest absolute Gasteiger partial charge is 0.495 e. The molecule has 1 N–H and O–H groups in total. The fourth-order valence-electron chi connectivity index (χ4n) is 3.55. The van der Waals surface area contributed by atoms with Crippen molar-refractivity contribution < 1.29 is 13.2 Å². The molecule has 23 heavy (non-hydrogen) atoms. The van der Waals surface area contributed by atoms with Gasteiger partial charge in [0.1, 0.15) is 10.6 Å². The Morgan fingerprint density at radius 1 is 1.30 bits per heavy atom. The van der Waals surface area contributed by atoms with Gasteiger partial charge in [-0.3, -0.25) is 0 Å². The normalized spacial score (nSPS) is 21.2. The lowest BCUT2D eigenvalue weighted by Crippen LogP contribution is -2.39. The van der Waals surface area contributed by atoms with E-state index in [1.807, 2.05) is 6.07 Å². The van der Waals surface area contributed by atoms with Crippen LogP contribution in [0.2, 0.25) is 0 Å². The van der Waals surface area contributed by atoms with Gasteiger partial charge in [-0.15, -0.1) is 0 Å². The molecular weight excluding hydrogens is 314 g/mol. The van der Waals surface area contributed by atoms with Crippen LogP contribution >= 0.6 is 0 Å². The summed E-state index contributed by atoms with van der Waals surface area (Å²) in [6.45, 7) is 3.02. The molecular formula is C16H21N3O3S. The third-order valence-electron chi connectivity index (χ3n) is 4.98. The van der Waals surface area contributed by atoms with Gasteiger partial charge in [-0.05, 0) is 56.0 Å². The third kappa shape index (κ3) is 2.94. The molecule has 0 radical (unpaired) electrons. The first-order chi connectivity index (χ1) is 11.0. The zero-order valence-corrected chi connectivity index (χ0v) is 14.0. The molecule has 0 aromatic heterocycles. The van der Waals surface area contributed by atoms with Gasteiger partial charge in [0.15, 0.2) is 0 Å². The molecule has 2 aliphatic heterocycles. The molecule has 2 fully saturated rings. The summed E-state index contributed by atoms with van der Waals surface area (Å²) in [6.07, 6.45) is 2.94. The first-order valence-corrected chi connectivity index (χ1v) is 9.24. The molecule has 1 aromatic rings. The summed E-state index contributed by atoms with van der Waals surface area (Å²) in [5.74, 6) is 0.232. The van der Waals surface area contributed by atoms with Gasteiger partial charge in [-0.25, -0.2) is 8.42 Å². The van der Waals surface area contributed by atoms with Crippen molar-refractivity contribution in [3.63, 3.8) is 0 Å². The van der Waals surface area contributed by atoms with E-state index in [2.05, 4.69) is 5.32 Å². The molecule has 2 aliphatic rings. The molecule has 1 aromatic carbocycles. The van der Waals surface area contributed by atoms with Crippen LogP contribution in [0.3, 0.4) is 0 Å². The third-order valence-corrected chi connectivity index (χ3v) is 6.86. The van der Waals surface area contributed by atoms with Crippen LogP contribution in [-0.4, -0.2) is 46.0 Å². The van der Waals surface area contributed by atoms with Crippen molar-refractivity contribution in [2.24, 2.45) is 5.41 Å². The maximum absolute atomic E-state index is 13.0. The molecule has 7 heteroatoms. The lowest BCUT2D eigenvalue weighted by molar-refractivity contribution is 0.218. The summed E-state index contributed by atoms with van der Waals surface area (Å²) in [5, 5.41) is 12.3. The number of nitrogens with one attached hydrogen (secondary N) is 1. The zero-order valence-electron chi connectivity index (χ0n) is 13.2. The van der Waals surface area contributed by atoms with Crippen LogP contribution in [0.15, 0.2) is 23.1 Å². The Hall–Kier alpha value is -1.62. The van der Waals surface area contributed by atoms with Crippen molar-refractivity contribution in [3.8, 4) is 11.8 Å². The molecule has 0 bridgehead atoms. The van der Waals surface area contributed by atoms with E-state index in [1.165, 1.54) is 25.3 Å². The lowest BCUT2D eigenvalue weighted by atomic mass is 9.78. The highest BCUT2D eigenvalue weighted by atomic mass is 32.2. The second kappa shape index (κ2) is 6.11. The predicted molar refractivity (Wildman–Crippen MR) is 85.6 cm³/mol. The predicted octanol–water partition coefficient (Wildman–Crippen LogP) is 1.33. The molecule has 6 nitrogen and oxygen atoms in total. The number of rotatable bonds is 3. The van der Waals surface area contributed by atoms with Crippen LogP contribution < -0.4 is 10.1 Å². The van der Waals surface area contributed by atoms with Gasteiger partial charge in [0.05, 0.1) is 18.7 Å². The van der Waals surface area contributed by atoms with Crippen molar-refractivity contribution in [1.82, 2.24) is 9.62 Å². The molecule has 0 atom stereocenters. The molecule has 0 aliphatic carbocycles. The van der Waals surface area contributed by atoms with E-state index in [4.69, 9.17) is 10.00 Å². The summed E-state index contributed by atoms with van der Waals surface area (Å²) in [5.41, 5.74) is 0.495. The number of hydrogen-bond acceptors (Lipinski definition) is 5. The summed E-state index contributed by atoms with van der Waals surface area (Å²) in [4.78, 5) is 0.144. The van der Waals surface area contributed by atoms with Gasteiger partial charge in [0, 0.05) is 13.1 Å². The van der Waals surface area contributed by atoms with E-state index in [0.29, 0.717) is 18.7 Å². The zero-order chi connectivity index (χ0) is 16.5. The highest BCUT2D eigenvalue weighted by Crippen LogP contribution is 2.41. The summed E-state index contributed by atoms with van der Waals surface area (Å²) >= 11 is 0. The Kier molecular flexibility index (Phi) is 4.32. The Morgan fingerprint density at radius 3 is 2.70 bits per heavy atom. The van der Waals surface area contributed by atoms with E-state index in [1.54, 1.807) is 4.31 Å². The monoisotopic (exact) mass is 335 g/mol. The molecule has 3 rings (SSSR count). The SMILES string of the molecule is COc1cc(C#N)ccc1S(=O)(=O)N1CCC2(CCNCC2)C1. The van der Waals surface area contributed by atoms with Crippen LogP contribution in [0, 0.1) is 16.7 Å². The van der Waals surface area contributed by atoms with Crippen LogP contribution in [-0.2, 0) is 10.0 Å². The number of hydrogen-bond donors (Lipinski definition) is 1. The molecule has 1 spiro atoms. The molecule has 0 amide bonds.